The van der Waals surface area contributed by atoms with E-state index < -0.39 is 5.60 Å². The predicted molar refractivity (Wildman–Crippen MR) is 91.5 cm³/mol. The molecule has 1 unspecified atom stereocenters. The van der Waals surface area contributed by atoms with Crippen molar-refractivity contribution in [2.75, 3.05) is 6.54 Å². The van der Waals surface area contributed by atoms with Gasteiger partial charge in [-0.2, -0.15) is 0 Å². The van der Waals surface area contributed by atoms with Crippen molar-refractivity contribution >= 4 is 6.09 Å². The van der Waals surface area contributed by atoms with Crippen LogP contribution >= 0.6 is 0 Å². The van der Waals surface area contributed by atoms with E-state index in [2.05, 4.69) is 34.9 Å². The highest BCUT2D eigenvalue weighted by Gasteiger charge is 2.34. The van der Waals surface area contributed by atoms with E-state index >= 15 is 0 Å². The number of benzene rings is 1. The van der Waals surface area contributed by atoms with Gasteiger partial charge in [-0.25, -0.2) is 4.79 Å². The third-order valence-corrected chi connectivity index (χ3v) is 4.56. The van der Waals surface area contributed by atoms with Crippen LogP contribution in [0.4, 0.5) is 4.79 Å². The molecule has 4 nitrogen and oxygen atoms in total. The van der Waals surface area contributed by atoms with E-state index in [0.29, 0.717) is 24.5 Å². The molecule has 1 amide bonds. The zero-order chi connectivity index (χ0) is 16.4. The molecule has 0 bridgehead atoms. The summed E-state index contributed by atoms with van der Waals surface area (Å²) in [5.41, 5.74) is 2.47. The first-order chi connectivity index (χ1) is 10.9. The van der Waals surface area contributed by atoms with Crippen LogP contribution in [0, 0.1) is 5.92 Å². The molecule has 0 saturated heterocycles. The second kappa shape index (κ2) is 6.52. The van der Waals surface area contributed by atoms with Gasteiger partial charge in [-0.3, -0.25) is 0 Å². The quantitative estimate of drug-likeness (QED) is 0.878. The van der Waals surface area contributed by atoms with Gasteiger partial charge in [-0.1, -0.05) is 24.3 Å². The Bertz CT molecular complexity index is 536. The van der Waals surface area contributed by atoms with E-state index in [1.807, 2.05) is 20.8 Å². The Hall–Kier alpha value is -1.55. The van der Waals surface area contributed by atoms with E-state index in [-0.39, 0.29) is 6.09 Å². The highest BCUT2D eigenvalue weighted by Crippen LogP contribution is 2.33. The summed E-state index contributed by atoms with van der Waals surface area (Å²) in [4.78, 5) is 11.9. The molecule has 0 aromatic heterocycles. The average molecular weight is 316 g/mol. The van der Waals surface area contributed by atoms with Crippen molar-refractivity contribution in [1.82, 2.24) is 10.6 Å². The molecule has 3 rings (SSSR count). The predicted octanol–water partition coefficient (Wildman–Crippen LogP) is 3.05. The van der Waals surface area contributed by atoms with Gasteiger partial charge in [0.05, 0.1) is 0 Å². The molecule has 1 saturated carbocycles. The Morgan fingerprint density at radius 1 is 1.22 bits per heavy atom. The molecule has 0 heterocycles. The lowest BCUT2D eigenvalue weighted by Crippen LogP contribution is -2.48. The van der Waals surface area contributed by atoms with Gasteiger partial charge in [-0.05, 0) is 63.5 Å². The van der Waals surface area contributed by atoms with Crippen molar-refractivity contribution in [3.8, 4) is 0 Å². The summed E-state index contributed by atoms with van der Waals surface area (Å²) in [5, 5.41) is 6.70. The maximum Gasteiger partial charge on any atom is 0.407 e. The zero-order valence-electron chi connectivity index (χ0n) is 14.4. The van der Waals surface area contributed by atoms with Crippen LogP contribution in [-0.4, -0.2) is 30.3 Å². The highest BCUT2D eigenvalue weighted by atomic mass is 16.6. The fraction of sp³-hybridized carbons (Fsp3) is 0.632. The van der Waals surface area contributed by atoms with Crippen LogP contribution in [0.1, 0.15) is 44.7 Å². The number of rotatable bonds is 5. The lowest BCUT2D eigenvalue weighted by molar-refractivity contribution is 0.0520. The molecule has 126 valence electrons. The fourth-order valence-corrected chi connectivity index (χ4v) is 3.35. The molecule has 4 heteroatoms. The number of hydrogen-bond donors (Lipinski definition) is 2. The van der Waals surface area contributed by atoms with E-state index in [1.54, 1.807) is 0 Å². The third kappa shape index (κ3) is 4.71. The number of hydrogen-bond acceptors (Lipinski definition) is 3. The molecule has 2 aliphatic carbocycles. The monoisotopic (exact) mass is 316 g/mol. The Kier molecular flexibility index (Phi) is 4.62. The molecule has 2 N–H and O–H groups in total. The lowest BCUT2D eigenvalue weighted by atomic mass is 10.1. The normalized spacial score (nSPS) is 19.3. The van der Waals surface area contributed by atoms with Crippen molar-refractivity contribution in [3.63, 3.8) is 0 Å². The number of amides is 1. The minimum atomic E-state index is -0.445. The number of nitrogens with one attached hydrogen (secondary N) is 2. The third-order valence-electron chi connectivity index (χ3n) is 4.56. The zero-order valence-corrected chi connectivity index (χ0v) is 14.4. The molecular weight excluding hydrogens is 288 g/mol. The topological polar surface area (TPSA) is 50.4 Å². The van der Waals surface area contributed by atoms with Gasteiger partial charge < -0.3 is 15.4 Å². The summed E-state index contributed by atoms with van der Waals surface area (Å²) in [5.74, 6) is 0.689. The molecule has 1 fully saturated rings. The van der Waals surface area contributed by atoms with Gasteiger partial charge in [0, 0.05) is 18.6 Å². The van der Waals surface area contributed by atoms with Gasteiger partial charge in [0.15, 0.2) is 0 Å². The summed E-state index contributed by atoms with van der Waals surface area (Å²) in [7, 11) is 0. The van der Waals surface area contributed by atoms with Gasteiger partial charge in [-0.15, -0.1) is 0 Å². The van der Waals surface area contributed by atoms with Crippen molar-refractivity contribution in [1.29, 1.82) is 0 Å². The van der Waals surface area contributed by atoms with E-state index in [0.717, 1.165) is 12.8 Å². The number of carbonyl (C=O) groups is 1. The van der Waals surface area contributed by atoms with Crippen LogP contribution < -0.4 is 10.6 Å². The molecule has 0 aliphatic heterocycles. The van der Waals surface area contributed by atoms with Gasteiger partial charge in [0.1, 0.15) is 5.60 Å². The first-order valence-electron chi connectivity index (χ1n) is 8.70. The summed E-state index contributed by atoms with van der Waals surface area (Å²) >= 11 is 0. The van der Waals surface area contributed by atoms with Crippen LogP contribution in [0.25, 0.3) is 0 Å². The van der Waals surface area contributed by atoms with E-state index in [9.17, 15) is 4.79 Å². The summed E-state index contributed by atoms with van der Waals surface area (Å²) in [6.07, 6.45) is 4.37. The van der Waals surface area contributed by atoms with E-state index in [1.165, 1.54) is 24.0 Å². The molecule has 2 aliphatic rings. The van der Waals surface area contributed by atoms with Crippen molar-refractivity contribution in [2.45, 2.75) is 64.1 Å². The Labute approximate surface area is 139 Å². The smallest absolute Gasteiger partial charge is 0.407 e. The molecule has 23 heavy (non-hydrogen) atoms. The molecule has 0 spiro atoms. The largest absolute Gasteiger partial charge is 0.444 e. The maximum absolute atomic E-state index is 11.9. The van der Waals surface area contributed by atoms with Crippen LogP contribution in [0.5, 0.6) is 0 Å². The van der Waals surface area contributed by atoms with Crippen molar-refractivity contribution in [2.24, 2.45) is 5.92 Å². The standard InChI is InChI=1S/C19H28N2O2/c1-19(2,3)23-18(22)20-12-17(13-8-9-13)21-16-10-14-6-4-5-7-15(14)11-16/h4-7,13,16-17,21H,8-12H2,1-3H3,(H,20,22). The van der Waals surface area contributed by atoms with Crippen molar-refractivity contribution < 1.29 is 9.53 Å². The van der Waals surface area contributed by atoms with Gasteiger partial charge in [0.25, 0.3) is 0 Å². The first-order valence-corrected chi connectivity index (χ1v) is 8.70. The number of carbonyl (C=O) groups excluding carboxylic acids is 1. The first kappa shape index (κ1) is 16.3. The van der Waals surface area contributed by atoms with Gasteiger partial charge >= 0.3 is 6.09 Å². The minimum absolute atomic E-state index is 0.320. The molecule has 1 atom stereocenters. The van der Waals surface area contributed by atoms with Crippen molar-refractivity contribution in [3.05, 3.63) is 35.4 Å². The fourth-order valence-electron chi connectivity index (χ4n) is 3.35. The molecular formula is C19H28N2O2. The summed E-state index contributed by atoms with van der Waals surface area (Å²) < 4.78 is 5.33. The highest BCUT2D eigenvalue weighted by molar-refractivity contribution is 5.67. The van der Waals surface area contributed by atoms with Gasteiger partial charge in [0.2, 0.25) is 0 Å². The molecule has 1 aromatic carbocycles. The lowest BCUT2D eigenvalue weighted by Gasteiger charge is -2.25. The second-order valence-electron chi connectivity index (χ2n) is 7.87. The summed E-state index contributed by atoms with van der Waals surface area (Å²) in [6, 6.07) is 9.51. The molecule has 0 radical (unpaired) electrons. The maximum atomic E-state index is 11.9. The average Bonchev–Trinajstić information content (AvgIpc) is 3.21. The summed E-state index contributed by atoms with van der Waals surface area (Å²) in [6.45, 7) is 6.31. The van der Waals surface area contributed by atoms with Crippen LogP contribution in [0.2, 0.25) is 0 Å². The van der Waals surface area contributed by atoms with Crippen LogP contribution in [0.3, 0.4) is 0 Å². The number of alkyl carbamates (subject to hydrolysis) is 1. The molecule has 1 aromatic rings. The Morgan fingerprint density at radius 2 is 1.83 bits per heavy atom. The number of ether oxygens (including phenoxy) is 1. The van der Waals surface area contributed by atoms with Crippen LogP contribution in [-0.2, 0) is 17.6 Å². The Balaban J connectivity index is 1.50. The Morgan fingerprint density at radius 3 is 2.35 bits per heavy atom. The van der Waals surface area contributed by atoms with E-state index in [4.69, 9.17) is 4.74 Å². The SMILES string of the molecule is CC(C)(C)OC(=O)NCC(NC1Cc2ccccc2C1)C1CC1. The van der Waals surface area contributed by atoms with Crippen LogP contribution in [0.15, 0.2) is 24.3 Å². The number of fused-ring (bicyclic) bond motifs is 1. The minimum Gasteiger partial charge on any atom is -0.444 e. The second-order valence-corrected chi connectivity index (χ2v) is 7.87.